The van der Waals surface area contributed by atoms with Crippen molar-refractivity contribution in [1.82, 2.24) is 14.1 Å². The number of nitriles is 1. The number of rotatable bonds is 5. The van der Waals surface area contributed by atoms with Crippen LogP contribution >= 0.6 is 0 Å². The maximum Gasteiger partial charge on any atom is 0.246 e. The molecule has 27 heavy (non-hydrogen) atoms. The molecule has 1 heterocycles. The van der Waals surface area contributed by atoms with Crippen molar-refractivity contribution in [2.75, 3.05) is 39.8 Å². The smallest absolute Gasteiger partial charge is 0.246 e. The Morgan fingerprint density at radius 2 is 1.85 bits per heavy atom. The summed E-state index contributed by atoms with van der Waals surface area (Å²) in [5, 5.41) is 9.11. The Kier molecular flexibility index (Phi) is 6.19. The van der Waals surface area contributed by atoms with Crippen molar-refractivity contribution in [2.24, 2.45) is 0 Å². The number of hydrogen-bond donors (Lipinski definition) is 0. The zero-order chi connectivity index (χ0) is 20.4. The molecule has 0 aliphatic carbocycles. The van der Waals surface area contributed by atoms with Crippen LogP contribution in [0.1, 0.15) is 13.8 Å². The molecule has 0 aromatic heterocycles. The molecule has 1 aromatic rings. The topological polar surface area (TPSA) is 84.7 Å². The average molecular weight is 400 g/mol. The molecule has 0 saturated carbocycles. The highest BCUT2D eigenvalue weighted by molar-refractivity contribution is 7.89. The maximum atomic E-state index is 13.8. The third-order valence-electron chi connectivity index (χ3n) is 4.69. The molecule has 2 rings (SSSR count). The Labute approximate surface area is 157 Å². The van der Waals surface area contributed by atoms with E-state index in [1.165, 1.54) is 4.90 Å². The largest absolute Gasteiger partial charge is 0.326 e. The molecule has 1 saturated heterocycles. The van der Waals surface area contributed by atoms with Crippen molar-refractivity contribution >= 4 is 15.9 Å². The summed E-state index contributed by atoms with van der Waals surface area (Å²) < 4.78 is 53.4. The van der Waals surface area contributed by atoms with Gasteiger partial charge in [0.2, 0.25) is 15.9 Å². The van der Waals surface area contributed by atoms with Gasteiger partial charge in [-0.05, 0) is 32.0 Å². The second-order valence-corrected chi connectivity index (χ2v) is 8.78. The van der Waals surface area contributed by atoms with Crippen LogP contribution in [0.25, 0.3) is 0 Å². The Morgan fingerprint density at radius 3 is 2.41 bits per heavy atom. The second kappa shape index (κ2) is 7.88. The van der Waals surface area contributed by atoms with Crippen molar-refractivity contribution in [2.45, 2.75) is 24.3 Å². The number of sulfonamides is 1. The van der Waals surface area contributed by atoms with Crippen molar-refractivity contribution in [1.29, 1.82) is 5.26 Å². The highest BCUT2D eigenvalue weighted by atomic mass is 32.2. The van der Waals surface area contributed by atoms with Crippen LogP contribution < -0.4 is 0 Å². The molecule has 0 radical (unpaired) electrons. The third-order valence-corrected chi connectivity index (χ3v) is 6.60. The second-order valence-electron chi connectivity index (χ2n) is 6.88. The van der Waals surface area contributed by atoms with Crippen LogP contribution in [0.4, 0.5) is 8.78 Å². The SMILES string of the molecule is CN(C(=O)CN1CCN(S(=O)(=O)c2cc(F)ccc2F)CC1)C(C)(C)C#N. The molecule has 10 heteroatoms. The fraction of sp³-hybridized carbons (Fsp3) is 0.529. The van der Waals surface area contributed by atoms with Crippen LogP contribution in [-0.2, 0) is 14.8 Å². The lowest BCUT2D eigenvalue weighted by Gasteiger charge is -2.36. The van der Waals surface area contributed by atoms with Gasteiger partial charge in [-0.2, -0.15) is 9.57 Å². The molecule has 1 aromatic carbocycles. The summed E-state index contributed by atoms with van der Waals surface area (Å²) in [4.78, 5) is 14.7. The summed E-state index contributed by atoms with van der Waals surface area (Å²) in [5.41, 5.74) is -0.947. The Bertz CT molecular complexity index is 859. The third kappa shape index (κ3) is 4.61. The van der Waals surface area contributed by atoms with Gasteiger partial charge in [-0.25, -0.2) is 17.2 Å². The molecule has 1 aliphatic heterocycles. The maximum absolute atomic E-state index is 13.8. The standard InChI is InChI=1S/C17H22F2N4O3S/c1-17(2,12-20)21(3)16(24)11-22-6-8-23(9-7-22)27(25,26)15-10-13(18)4-5-14(15)19/h4-5,10H,6-9,11H2,1-3H3. The average Bonchev–Trinajstić information content (AvgIpc) is 2.63. The molecule has 1 fully saturated rings. The minimum Gasteiger partial charge on any atom is -0.326 e. The van der Waals surface area contributed by atoms with E-state index in [1.807, 2.05) is 6.07 Å². The summed E-state index contributed by atoms with van der Waals surface area (Å²) in [6.45, 7) is 3.94. The summed E-state index contributed by atoms with van der Waals surface area (Å²) >= 11 is 0. The van der Waals surface area contributed by atoms with Crippen LogP contribution in [0.2, 0.25) is 0 Å². The number of amides is 1. The summed E-state index contributed by atoms with van der Waals surface area (Å²) in [6.07, 6.45) is 0. The number of carbonyl (C=O) groups is 1. The number of carbonyl (C=O) groups excluding carboxylic acids is 1. The molecular formula is C17H22F2N4O3S. The van der Waals surface area contributed by atoms with Gasteiger partial charge in [-0.1, -0.05) is 0 Å². The highest BCUT2D eigenvalue weighted by Gasteiger charge is 2.33. The van der Waals surface area contributed by atoms with Crippen molar-refractivity contribution in [3.8, 4) is 6.07 Å². The molecule has 0 atom stereocenters. The predicted octanol–water partition coefficient (Wildman–Crippen LogP) is 1.03. The molecule has 7 nitrogen and oxygen atoms in total. The van der Waals surface area contributed by atoms with Crippen LogP contribution in [0.15, 0.2) is 23.1 Å². The summed E-state index contributed by atoms with van der Waals surface area (Å²) in [5.74, 6) is -2.09. The van der Waals surface area contributed by atoms with Crippen LogP contribution in [0.5, 0.6) is 0 Å². The first-order valence-corrected chi connectivity index (χ1v) is 9.78. The van der Waals surface area contributed by atoms with E-state index in [9.17, 15) is 22.0 Å². The lowest BCUT2D eigenvalue weighted by Crippen LogP contribution is -2.53. The van der Waals surface area contributed by atoms with E-state index in [2.05, 4.69) is 0 Å². The monoisotopic (exact) mass is 400 g/mol. The van der Waals surface area contributed by atoms with Gasteiger partial charge in [0.15, 0.2) is 0 Å². The molecule has 0 spiro atoms. The molecule has 1 aliphatic rings. The van der Waals surface area contributed by atoms with Gasteiger partial charge in [0, 0.05) is 33.2 Å². The van der Waals surface area contributed by atoms with E-state index in [1.54, 1.807) is 25.8 Å². The van der Waals surface area contributed by atoms with E-state index >= 15 is 0 Å². The Hall–Kier alpha value is -2.09. The highest BCUT2D eigenvalue weighted by Crippen LogP contribution is 2.22. The number of hydrogen-bond acceptors (Lipinski definition) is 5. The van der Waals surface area contributed by atoms with E-state index in [0.717, 1.165) is 16.4 Å². The van der Waals surface area contributed by atoms with Gasteiger partial charge in [-0.3, -0.25) is 9.69 Å². The molecular weight excluding hydrogens is 378 g/mol. The first-order valence-electron chi connectivity index (χ1n) is 8.34. The van der Waals surface area contributed by atoms with Gasteiger partial charge >= 0.3 is 0 Å². The van der Waals surface area contributed by atoms with Gasteiger partial charge < -0.3 is 4.90 Å². The Morgan fingerprint density at radius 1 is 1.26 bits per heavy atom. The quantitative estimate of drug-likeness (QED) is 0.737. The number of piperazine rings is 1. The summed E-state index contributed by atoms with van der Waals surface area (Å²) in [7, 11) is -2.62. The van der Waals surface area contributed by atoms with E-state index in [0.29, 0.717) is 6.07 Å². The number of likely N-dealkylation sites (N-methyl/N-ethyl adjacent to an activating group) is 1. The number of halogens is 2. The normalized spacial score (nSPS) is 16.7. The van der Waals surface area contributed by atoms with Crippen LogP contribution in [-0.4, -0.2) is 73.7 Å². The fourth-order valence-corrected chi connectivity index (χ4v) is 4.12. The van der Waals surface area contributed by atoms with Crippen LogP contribution in [0.3, 0.4) is 0 Å². The Balaban J connectivity index is 2.02. The first-order chi connectivity index (χ1) is 12.5. The molecule has 0 N–H and O–H groups in total. The van der Waals surface area contributed by atoms with E-state index in [4.69, 9.17) is 5.26 Å². The first kappa shape index (κ1) is 21.2. The van der Waals surface area contributed by atoms with Gasteiger partial charge in [0.25, 0.3) is 0 Å². The molecule has 0 bridgehead atoms. The van der Waals surface area contributed by atoms with Crippen molar-refractivity contribution in [3.63, 3.8) is 0 Å². The fourth-order valence-electron chi connectivity index (χ4n) is 2.63. The van der Waals surface area contributed by atoms with Gasteiger partial charge in [0.05, 0.1) is 12.6 Å². The predicted molar refractivity (Wildman–Crippen MR) is 94.0 cm³/mol. The van der Waals surface area contributed by atoms with Gasteiger partial charge in [-0.15, -0.1) is 0 Å². The molecule has 1 amide bonds. The molecule has 0 unspecified atom stereocenters. The minimum absolute atomic E-state index is 0.0455. The zero-order valence-electron chi connectivity index (χ0n) is 15.4. The van der Waals surface area contributed by atoms with E-state index in [-0.39, 0.29) is 38.6 Å². The minimum atomic E-state index is -4.16. The van der Waals surface area contributed by atoms with Crippen molar-refractivity contribution < 1.29 is 22.0 Å². The lowest BCUT2D eigenvalue weighted by atomic mass is 10.1. The van der Waals surface area contributed by atoms with Gasteiger partial charge in [0.1, 0.15) is 22.1 Å². The number of nitrogens with zero attached hydrogens (tertiary/aromatic N) is 4. The number of benzene rings is 1. The lowest BCUT2D eigenvalue weighted by molar-refractivity contribution is -0.134. The molecule has 148 valence electrons. The van der Waals surface area contributed by atoms with E-state index < -0.39 is 32.1 Å². The van der Waals surface area contributed by atoms with Crippen LogP contribution in [0, 0.1) is 23.0 Å². The summed E-state index contributed by atoms with van der Waals surface area (Å²) in [6, 6.07) is 4.35. The van der Waals surface area contributed by atoms with Crippen molar-refractivity contribution in [3.05, 3.63) is 29.8 Å². The zero-order valence-corrected chi connectivity index (χ0v) is 16.3.